The predicted octanol–water partition coefficient (Wildman–Crippen LogP) is 0.492. The maximum atomic E-state index is 12.1. The summed E-state index contributed by atoms with van der Waals surface area (Å²) >= 11 is 0. The number of rotatable bonds is 7. The molecule has 0 spiro atoms. The number of carbonyl (C=O) groups excluding carboxylic acids is 1. The van der Waals surface area contributed by atoms with Crippen molar-refractivity contribution in [1.29, 1.82) is 0 Å². The van der Waals surface area contributed by atoms with Crippen molar-refractivity contribution in [3.63, 3.8) is 0 Å². The van der Waals surface area contributed by atoms with Gasteiger partial charge in [0, 0.05) is 62.0 Å². The molecule has 2 aliphatic rings. The highest BCUT2D eigenvalue weighted by Gasteiger charge is 2.38. The maximum Gasteiger partial charge on any atom is 0.248 e. The van der Waals surface area contributed by atoms with Crippen molar-refractivity contribution >= 4 is 17.8 Å². The Morgan fingerprint density at radius 1 is 1.28 bits per heavy atom. The van der Waals surface area contributed by atoms with Crippen LogP contribution in [-0.4, -0.2) is 86.9 Å². The number of nitrogen functional groups attached to an aromatic ring is 1. The molecule has 1 saturated carbocycles. The fourth-order valence-electron chi connectivity index (χ4n) is 4.02. The fourth-order valence-corrected chi connectivity index (χ4v) is 4.02. The number of nitrogens with two attached hydrogens (primary N) is 1. The number of aromatic nitrogens is 4. The SMILES string of the molecule is CC(C)N(C(=O)CO)[C@H]1C[C@H](Oc2cc(-c3cnc(N)nc3)nc(N3CCOCC3)n2)C1. The Morgan fingerprint density at radius 3 is 2.59 bits per heavy atom. The predicted molar refractivity (Wildman–Crippen MR) is 117 cm³/mol. The maximum absolute atomic E-state index is 12.1. The molecule has 0 unspecified atom stereocenters. The smallest absolute Gasteiger partial charge is 0.248 e. The summed E-state index contributed by atoms with van der Waals surface area (Å²) in [5, 5.41) is 9.26. The van der Waals surface area contributed by atoms with Gasteiger partial charge in [-0.15, -0.1) is 0 Å². The molecule has 3 N–H and O–H groups in total. The van der Waals surface area contributed by atoms with E-state index < -0.39 is 6.61 Å². The van der Waals surface area contributed by atoms with Gasteiger partial charge in [-0.25, -0.2) is 15.0 Å². The number of ether oxygens (including phenoxy) is 2. The van der Waals surface area contributed by atoms with Crippen molar-refractivity contribution < 1.29 is 19.4 Å². The van der Waals surface area contributed by atoms with Gasteiger partial charge in [-0.3, -0.25) is 4.79 Å². The lowest BCUT2D eigenvalue weighted by Gasteiger charge is -2.44. The zero-order valence-electron chi connectivity index (χ0n) is 18.3. The summed E-state index contributed by atoms with van der Waals surface area (Å²) < 4.78 is 11.6. The van der Waals surface area contributed by atoms with E-state index >= 15 is 0 Å². The topological polar surface area (TPSA) is 140 Å². The molecule has 2 aromatic heterocycles. The zero-order valence-corrected chi connectivity index (χ0v) is 18.3. The van der Waals surface area contributed by atoms with Gasteiger partial charge in [-0.05, 0) is 13.8 Å². The van der Waals surface area contributed by atoms with Crippen LogP contribution in [0.1, 0.15) is 26.7 Å². The zero-order chi connectivity index (χ0) is 22.7. The number of anilines is 2. The van der Waals surface area contributed by atoms with Crippen molar-refractivity contribution in [1.82, 2.24) is 24.8 Å². The first-order valence-corrected chi connectivity index (χ1v) is 10.8. The second-order valence-electron chi connectivity index (χ2n) is 8.24. The molecule has 0 bridgehead atoms. The highest BCUT2D eigenvalue weighted by molar-refractivity contribution is 5.78. The Morgan fingerprint density at radius 2 is 1.97 bits per heavy atom. The molecule has 1 saturated heterocycles. The van der Waals surface area contributed by atoms with Crippen molar-refractivity contribution in [3.05, 3.63) is 18.5 Å². The van der Waals surface area contributed by atoms with Crippen LogP contribution >= 0.6 is 0 Å². The number of carbonyl (C=O) groups is 1. The van der Waals surface area contributed by atoms with Crippen LogP contribution in [0.15, 0.2) is 18.5 Å². The van der Waals surface area contributed by atoms with Crippen molar-refractivity contribution in [2.45, 2.75) is 44.9 Å². The van der Waals surface area contributed by atoms with E-state index in [4.69, 9.17) is 15.2 Å². The lowest BCUT2D eigenvalue weighted by Crippen LogP contribution is -2.54. The average Bonchev–Trinajstić information content (AvgIpc) is 2.78. The molecule has 0 atom stereocenters. The molecule has 1 aliphatic heterocycles. The molecule has 2 aromatic rings. The van der Waals surface area contributed by atoms with Gasteiger partial charge in [0.05, 0.1) is 18.9 Å². The van der Waals surface area contributed by atoms with Crippen LogP contribution in [0.25, 0.3) is 11.3 Å². The lowest BCUT2D eigenvalue weighted by atomic mass is 9.87. The van der Waals surface area contributed by atoms with E-state index in [-0.39, 0.29) is 30.0 Å². The average molecular weight is 444 g/mol. The second-order valence-corrected chi connectivity index (χ2v) is 8.24. The Kier molecular flexibility index (Phi) is 6.66. The standard InChI is InChI=1S/C21H29N7O4/c1-13(2)28(19(30)12-29)15-7-16(8-15)32-18-9-17(14-10-23-20(22)24-11-14)25-21(26-18)27-3-5-31-6-4-27/h9-11,13,15-16,29H,3-8,12H2,1-2H3,(H2,22,23,24)/t15-,16-. The third-order valence-electron chi connectivity index (χ3n) is 5.68. The van der Waals surface area contributed by atoms with E-state index in [0.717, 1.165) is 0 Å². The van der Waals surface area contributed by atoms with Crippen LogP contribution in [0.4, 0.5) is 11.9 Å². The molecule has 4 rings (SSSR count). The molecule has 0 aromatic carbocycles. The van der Waals surface area contributed by atoms with Crippen LogP contribution in [-0.2, 0) is 9.53 Å². The van der Waals surface area contributed by atoms with Gasteiger partial charge in [0.25, 0.3) is 0 Å². The Hall–Kier alpha value is -3.05. The summed E-state index contributed by atoms with van der Waals surface area (Å²) in [6.45, 7) is 6.02. The first-order valence-electron chi connectivity index (χ1n) is 10.8. The molecule has 11 heteroatoms. The molecule has 1 amide bonds. The van der Waals surface area contributed by atoms with E-state index in [1.54, 1.807) is 23.4 Å². The summed E-state index contributed by atoms with van der Waals surface area (Å²) in [5.41, 5.74) is 6.98. The quantitative estimate of drug-likeness (QED) is 0.621. The molecular weight excluding hydrogens is 414 g/mol. The summed E-state index contributed by atoms with van der Waals surface area (Å²) in [6.07, 6.45) is 4.54. The molecule has 172 valence electrons. The van der Waals surface area contributed by atoms with Gasteiger partial charge in [0.15, 0.2) is 0 Å². The van der Waals surface area contributed by atoms with E-state index in [0.29, 0.717) is 62.2 Å². The van der Waals surface area contributed by atoms with Crippen LogP contribution in [0.2, 0.25) is 0 Å². The summed E-state index contributed by atoms with van der Waals surface area (Å²) in [6, 6.07) is 1.83. The minimum Gasteiger partial charge on any atom is -0.474 e. The fraction of sp³-hybridized carbons (Fsp3) is 0.571. The normalized spacial score (nSPS) is 20.7. The molecule has 0 radical (unpaired) electrons. The van der Waals surface area contributed by atoms with Gasteiger partial charge in [-0.1, -0.05) is 0 Å². The molecule has 32 heavy (non-hydrogen) atoms. The number of hydrogen-bond donors (Lipinski definition) is 2. The van der Waals surface area contributed by atoms with Crippen molar-refractivity contribution in [2.24, 2.45) is 0 Å². The Balaban J connectivity index is 1.52. The van der Waals surface area contributed by atoms with Crippen molar-refractivity contribution in [3.8, 4) is 17.1 Å². The van der Waals surface area contributed by atoms with Crippen LogP contribution in [0, 0.1) is 0 Å². The van der Waals surface area contributed by atoms with Crippen LogP contribution < -0.4 is 15.4 Å². The van der Waals surface area contributed by atoms with E-state index in [9.17, 15) is 9.90 Å². The first kappa shape index (κ1) is 22.2. The number of nitrogens with zero attached hydrogens (tertiary/aromatic N) is 6. The van der Waals surface area contributed by atoms with Crippen LogP contribution in [0.3, 0.4) is 0 Å². The summed E-state index contributed by atoms with van der Waals surface area (Å²) in [5.74, 6) is 0.958. The van der Waals surface area contributed by atoms with E-state index in [1.165, 1.54) is 0 Å². The molecule has 2 fully saturated rings. The van der Waals surface area contributed by atoms with E-state index in [1.807, 2.05) is 13.8 Å². The largest absolute Gasteiger partial charge is 0.474 e. The summed E-state index contributed by atoms with van der Waals surface area (Å²) in [4.78, 5) is 33.3. The van der Waals surface area contributed by atoms with Gasteiger partial charge < -0.3 is 30.1 Å². The monoisotopic (exact) mass is 443 g/mol. The Bertz CT molecular complexity index is 928. The Labute approximate surface area is 186 Å². The molecular formula is C21H29N7O4. The molecule has 11 nitrogen and oxygen atoms in total. The summed E-state index contributed by atoms with van der Waals surface area (Å²) in [7, 11) is 0. The molecule has 3 heterocycles. The van der Waals surface area contributed by atoms with Gasteiger partial charge in [0.2, 0.25) is 23.7 Å². The highest BCUT2D eigenvalue weighted by atomic mass is 16.5. The van der Waals surface area contributed by atoms with Gasteiger partial charge >= 0.3 is 0 Å². The third-order valence-corrected chi connectivity index (χ3v) is 5.68. The number of morpholine rings is 1. The minimum atomic E-state index is -0.484. The van der Waals surface area contributed by atoms with Crippen LogP contribution in [0.5, 0.6) is 5.88 Å². The van der Waals surface area contributed by atoms with Crippen molar-refractivity contribution in [2.75, 3.05) is 43.5 Å². The van der Waals surface area contributed by atoms with Gasteiger partial charge in [0.1, 0.15) is 12.7 Å². The number of aliphatic hydroxyl groups excluding tert-OH is 1. The van der Waals surface area contributed by atoms with E-state index in [2.05, 4.69) is 24.8 Å². The second kappa shape index (κ2) is 9.61. The third kappa shape index (κ3) is 4.89. The number of amides is 1. The molecule has 1 aliphatic carbocycles. The number of aliphatic hydroxyl groups is 1. The van der Waals surface area contributed by atoms with Gasteiger partial charge in [-0.2, -0.15) is 4.98 Å². The minimum absolute atomic E-state index is 0.0182. The lowest BCUT2D eigenvalue weighted by molar-refractivity contribution is -0.143. The number of hydrogen-bond acceptors (Lipinski definition) is 10. The highest BCUT2D eigenvalue weighted by Crippen LogP contribution is 2.32. The first-order chi connectivity index (χ1) is 15.4.